The molecule has 160 valence electrons. The normalized spacial score (nSPS) is 21.5. The van der Waals surface area contributed by atoms with Gasteiger partial charge in [0.1, 0.15) is 17.5 Å². The van der Waals surface area contributed by atoms with Gasteiger partial charge in [-0.2, -0.15) is 0 Å². The molecule has 7 nitrogen and oxygen atoms in total. The molecule has 2 aliphatic heterocycles. The first-order valence-electron chi connectivity index (χ1n) is 11.4. The Bertz CT molecular complexity index is 678. The van der Waals surface area contributed by atoms with Crippen LogP contribution in [0.2, 0.25) is 0 Å². The molecule has 7 heteroatoms. The first-order valence-corrected chi connectivity index (χ1v) is 11.4. The Balaban J connectivity index is 1.29. The lowest BCUT2D eigenvalue weighted by Gasteiger charge is -2.36. The van der Waals surface area contributed by atoms with Crippen LogP contribution in [0.25, 0.3) is 0 Å². The van der Waals surface area contributed by atoms with Crippen molar-refractivity contribution in [2.75, 3.05) is 62.3 Å². The van der Waals surface area contributed by atoms with Crippen molar-refractivity contribution < 1.29 is 9.53 Å². The van der Waals surface area contributed by atoms with Crippen LogP contribution in [0.4, 0.5) is 11.6 Å². The molecule has 3 aliphatic rings. The quantitative estimate of drug-likeness (QED) is 0.756. The van der Waals surface area contributed by atoms with Gasteiger partial charge in [-0.05, 0) is 19.3 Å². The van der Waals surface area contributed by atoms with E-state index < -0.39 is 0 Å². The van der Waals surface area contributed by atoms with E-state index in [0.29, 0.717) is 5.91 Å². The SMILES string of the molecule is Cc1nc(N2CCOCC2)cc(N2CCN(C(=O)CCC3CCCCC3)CC2)n1. The van der Waals surface area contributed by atoms with E-state index in [2.05, 4.69) is 30.7 Å². The maximum absolute atomic E-state index is 12.7. The third-order valence-corrected chi connectivity index (χ3v) is 6.59. The van der Waals surface area contributed by atoms with Crippen LogP contribution in [0, 0.1) is 12.8 Å². The Morgan fingerprint density at radius 3 is 2.24 bits per heavy atom. The zero-order valence-corrected chi connectivity index (χ0v) is 17.8. The summed E-state index contributed by atoms with van der Waals surface area (Å²) in [4.78, 5) is 28.6. The monoisotopic (exact) mass is 401 g/mol. The van der Waals surface area contributed by atoms with Crippen LogP contribution in [0.1, 0.15) is 50.8 Å². The Labute approximate surface area is 174 Å². The highest BCUT2D eigenvalue weighted by atomic mass is 16.5. The predicted octanol–water partition coefficient (Wildman–Crippen LogP) is 2.63. The number of hydrogen-bond acceptors (Lipinski definition) is 6. The summed E-state index contributed by atoms with van der Waals surface area (Å²) in [5, 5.41) is 0. The second-order valence-electron chi connectivity index (χ2n) is 8.64. The van der Waals surface area contributed by atoms with Crippen molar-refractivity contribution in [1.82, 2.24) is 14.9 Å². The van der Waals surface area contributed by atoms with E-state index in [4.69, 9.17) is 4.74 Å². The molecular formula is C22H35N5O2. The largest absolute Gasteiger partial charge is 0.378 e. The van der Waals surface area contributed by atoms with Crippen molar-refractivity contribution in [1.29, 1.82) is 0 Å². The van der Waals surface area contributed by atoms with Crippen molar-refractivity contribution in [3.05, 3.63) is 11.9 Å². The molecular weight excluding hydrogens is 366 g/mol. The molecule has 1 amide bonds. The molecule has 4 rings (SSSR count). The van der Waals surface area contributed by atoms with E-state index in [1.807, 2.05) is 6.92 Å². The minimum absolute atomic E-state index is 0.336. The van der Waals surface area contributed by atoms with Crippen LogP contribution in [0.3, 0.4) is 0 Å². The maximum Gasteiger partial charge on any atom is 0.222 e. The molecule has 0 radical (unpaired) electrons. The van der Waals surface area contributed by atoms with Gasteiger partial charge < -0.3 is 19.4 Å². The number of hydrogen-bond donors (Lipinski definition) is 0. The Kier molecular flexibility index (Phi) is 6.85. The highest BCUT2D eigenvalue weighted by Crippen LogP contribution is 2.28. The van der Waals surface area contributed by atoms with Gasteiger partial charge >= 0.3 is 0 Å². The number of aromatic nitrogens is 2. The van der Waals surface area contributed by atoms with Crippen molar-refractivity contribution >= 4 is 17.5 Å². The van der Waals surface area contributed by atoms with Gasteiger partial charge in [0.2, 0.25) is 5.91 Å². The lowest BCUT2D eigenvalue weighted by Crippen LogP contribution is -2.49. The van der Waals surface area contributed by atoms with E-state index in [-0.39, 0.29) is 0 Å². The molecule has 0 unspecified atom stereocenters. The van der Waals surface area contributed by atoms with E-state index in [1.165, 1.54) is 32.1 Å². The number of carbonyl (C=O) groups is 1. The van der Waals surface area contributed by atoms with E-state index >= 15 is 0 Å². The highest BCUT2D eigenvalue weighted by molar-refractivity contribution is 5.76. The van der Waals surface area contributed by atoms with Crippen molar-refractivity contribution in [3.63, 3.8) is 0 Å². The number of anilines is 2. The fourth-order valence-corrected chi connectivity index (χ4v) is 4.80. The fraction of sp³-hybridized carbons (Fsp3) is 0.773. The van der Waals surface area contributed by atoms with Crippen molar-refractivity contribution in [2.45, 2.75) is 51.9 Å². The summed E-state index contributed by atoms with van der Waals surface area (Å²) in [5.41, 5.74) is 0. The molecule has 3 heterocycles. The zero-order valence-electron chi connectivity index (χ0n) is 17.8. The number of morpholine rings is 1. The maximum atomic E-state index is 12.7. The van der Waals surface area contributed by atoms with Crippen LogP contribution in [0.5, 0.6) is 0 Å². The van der Waals surface area contributed by atoms with Crippen LogP contribution in [-0.2, 0) is 9.53 Å². The molecule has 0 atom stereocenters. The molecule has 1 saturated carbocycles. The van der Waals surface area contributed by atoms with Crippen LogP contribution < -0.4 is 9.80 Å². The molecule has 3 fully saturated rings. The standard InChI is InChI=1S/C22H35N5O2/c1-18-23-20(17-21(24-18)26-13-15-29-16-14-26)25-9-11-27(12-10-25)22(28)8-7-19-5-3-2-4-6-19/h17,19H,2-16H2,1H3. The summed E-state index contributed by atoms with van der Waals surface area (Å²) in [6.45, 7) is 8.47. The highest BCUT2D eigenvalue weighted by Gasteiger charge is 2.24. The Morgan fingerprint density at radius 2 is 1.59 bits per heavy atom. The van der Waals surface area contributed by atoms with Gasteiger partial charge in [0.05, 0.1) is 13.2 Å². The molecule has 1 aromatic heterocycles. The van der Waals surface area contributed by atoms with Crippen LogP contribution >= 0.6 is 0 Å². The number of nitrogens with zero attached hydrogens (tertiary/aromatic N) is 5. The second kappa shape index (κ2) is 9.74. The van der Waals surface area contributed by atoms with Crippen LogP contribution in [-0.4, -0.2) is 73.3 Å². The number of ether oxygens (including phenoxy) is 1. The Hall–Kier alpha value is -1.89. The molecule has 0 N–H and O–H groups in total. The van der Waals surface area contributed by atoms with Gasteiger partial charge in [-0.1, -0.05) is 32.1 Å². The van der Waals surface area contributed by atoms with Crippen LogP contribution in [0.15, 0.2) is 6.07 Å². The van der Waals surface area contributed by atoms with E-state index in [9.17, 15) is 4.79 Å². The summed E-state index contributed by atoms with van der Waals surface area (Å²) in [6, 6.07) is 2.10. The molecule has 29 heavy (non-hydrogen) atoms. The third-order valence-electron chi connectivity index (χ3n) is 6.59. The minimum atomic E-state index is 0.336. The molecule has 0 bridgehead atoms. The summed E-state index contributed by atoms with van der Waals surface area (Å²) in [5.74, 6) is 3.88. The van der Waals surface area contributed by atoms with Gasteiger partial charge in [-0.15, -0.1) is 0 Å². The van der Waals surface area contributed by atoms with Gasteiger partial charge in [0, 0.05) is 51.8 Å². The average Bonchev–Trinajstić information content (AvgIpc) is 2.78. The van der Waals surface area contributed by atoms with Gasteiger partial charge in [-0.25, -0.2) is 9.97 Å². The number of amides is 1. The molecule has 1 aromatic rings. The number of carbonyl (C=O) groups excluding carboxylic acids is 1. The summed E-state index contributed by atoms with van der Waals surface area (Å²) in [6.07, 6.45) is 8.51. The Morgan fingerprint density at radius 1 is 0.966 bits per heavy atom. The van der Waals surface area contributed by atoms with Crippen molar-refractivity contribution in [2.24, 2.45) is 5.92 Å². The van der Waals surface area contributed by atoms with Gasteiger partial charge in [0.15, 0.2) is 0 Å². The van der Waals surface area contributed by atoms with Gasteiger partial charge in [-0.3, -0.25) is 4.79 Å². The first-order chi connectivity index (χ1) is 14.2. The molecule has 2 saturated heterocycles. The number of piperazine rings is 1. The fourth-order valence-electron chi connectivity index (χ4n) is 4.80. The zero-order chi connectivity index (χ0) is 20.1. The molecule has 1 aliphatic carbocycles. The average molecular weight is 402 g/mol. The number of rotatable bonds is 5. The van der Waals surface area contributed by atoms with Crippen molar-refractivity contribution in [3.8, 4) is 0 Å². The van der Waals surface area contributed by atoms with E-state index in [0.717, 1.165) is 88.7 Å². The lowest BCUT2D eigenvalue weighted by molar-refractivity contribution is -0.131. The first kappa shape index (κ1) is 20.4. The topological polar surface area (TPSA) is 61.8 Å². The molecule has 0 aromatic carbocycles. The summed E-state index contributed by atoms with van der Waals surface area (Å²) >= 11 is 0. The molecule has 0 spiro atoms. The number of aryl methyl sites for hydroxylation is 1. The lowest BCUT2D eigenvalue weighted by atomic mass is 9.86. The van der Waals surface area contributed by atoms with E-state index in [1.54, 1.807) is 0 Å². The van der Waals surface area contributed by atoms with Gasteiger partial charge in [0.25, 0.3) is 0 Å². The minimum Gasteiger partial charge on any atom is -0.378 e. The predicted molar refractivity (Wildman–Crippen MR) is 114 cm³/mol. The summed E-state index contributed by atoms with van der Waals surface area (Å²) < 4.78 is 5.46. The third kappa shape index (κ3) is 5.38. The second-order valence-corrected chi connectivity index (χ2v) is 8.64. The summed E-state index contributed by atoms with van der Waals surface area (Å²) in [7, 11) is 0. The smallest absolute Gasteiger partial charge is 0.222 e.